The van der Waals surface area contributed by atoms with E-state index in [0.717, 1.165) is 50.2 Å². The number of ether oxygens (including phenoxy) is 3. The van der Waals surface area contributed by atoms with Gasteiger partial charge in [-0.15, -0.1) is 0 Å². The number of amides is 2. The van der Waals surface area contributed by atoms with E-state index < -0.39 is 0 Å². The van der Waals surface area contributed by atoms with Crippen LogP contribution in [0.4, 0.5) is 0 Å². The predicted octanol–water partition coefficient (Wildman–Crippen LogP) is 5.35. The molecule has 3 aromatic rings. The fourth-order valence-electron chi connectivity index (χ4n) is 4.41. The summed E-state index contributed by atoms with van der Waals surface area (Å²) in [6, 6.07) is 19.1. The molecule has 4 rings (SSSR count). The van der Waals surface area contributed by atoms with E-state index in [0.29, 0.717) is 12.5 Å². The SMILES string of the molecule is CC(=O)NC(C)CCc1ccc(O)cc1.CC(=O)NC(C)CCc1ccc(Oc2ccc(OC3CCOC3)cn2)cc1. The first-order chi connectivity index (χ1) is 20.2. The summed E-state index contributed by atoms with van der Waals surface area (Å²) >= 11 is 0. The van der Waals surface area contributed by atoms with Crippen LogP contribution in [0.1, 0.15) is 58.1 Å². The summed E-state index contributed by atoms with van der Waals surface area (Å²) in [4.78, 5) is 26.1. The average Bonchev–Trinajstić information content (AvgIpc) is 3.46. The number of pyridine rings is 1. The van der Waals surface area contributed by atoms with Crippen LogP contribution in [0, 0.1) is 0 Å². The molecule has 2 heterocycles. The lowest BCUT2D eigenvalue weighted by Gasteiger charge is -2.13. The van der Waals surface area contributed by atoms with Crippen LogP contribution < -0.4 is 20.1 Å². The summed E-state index contributed by atoms with van der Waals surface area (Å²) in [6.07, 6.45) is 6.30. The van der Waals surface area contributed by atoms with E-state index in [4.69, 9.17) is 19.3 Å². The number of hydrogen-bond acceptors (Lipinski definition) is 7. The van der Waals surface area contributed by atoms with Gasteiger partial charge in [0.2, 0.25) is 17.7 Å². The van der Waals surface area contributed by atoms with Crippen LogP contribution in [-0.2, 0) is 27.2 Å². The van der Waals surface area contributed by atoms with Gasteiger partial charge in [-0.25, -0.2) is 4.98 Å². The zero-order valence-corrected chi connectivity index (χ0v) is 25.0. The van der Waals surface area contributed by atoms with Gasteiger partial charge < -0.3 is 30.0 Å². The number of phenolic OH excluding ortho intramolecular Hbond substituents is 1. The molecule has 0 aliphatic carbocycles. The first-order valence-corrected chi connectivity index (χ1v) is 14.5. The van der Waals surface area contributed by atoms with Crippen molar-refractivity contribution in [2.45, 2.75) is 78.0 Å². The van der Waals surface area contributed by atoms with E-state index in [1.54, 1.807) is 31.3 Å². The minimum absolute atomic E-state index is 0.00624. The third-order valence-corrected chi connectivity index (χ3v) is 6.61. The Bertz CT molecular complexity index is 1230. The highest BCUT2D eigenvalue weighted by Crippen LogP contribution is 2.23. The predicted molar refractivity (Wildman–Crippen MR) is 162 cm³/mol. The quantitative estimate of drug-likeness (QED) is 0.266. The van der Waals surface area contributed by atoms with E-state index in [1.165, 1.54) is 18.1 Å². The van der Waals surface area contributed by atoms with Gasteiger partial charge in [-0.1, -0.05) is 24.3 Å². The Kier molecular flexibility index (Phi) is 13.1. The molecule has 1 aliphatic rings. The second-order valence-corrected chi connectivity index (χ2v) is 10.6. The molecule has 3 atom stereocenters. The number of phenols is 1. The molecule has 226 valence electrons. The largest absolute Gasteiger partial charge is 0.508 e. The lowest BCUT2D eigenvalue weighted by Crippen LogP contribution is -2.30. The summed E-state index contributed by atoms with van der Waals surface area (Å²) in [5.74, 6) is 2.28. The number of aryl methyl sites for hydroxylation is 2. The maximum absolute atomic E-state index is 11.0. The Balaban J connectivity index is 0.000000274. The molecule has 0 saturated carbocycles. The zero-order valence-electron chi connectivity index (χ0n) is 25.0. The molecule has 42 heavy (non-hydrogen) atoms. The molecule has 3 unspecified atom stereocenters. The summed E-state index contributed by atoms with van der Waals surface area (Å²) in [5.41, 5.74) is 2.38. The molecule has 2 aromatic carbocycles. The van der Waals surface area contributed by atoms with Gasteiger partial charge in [0.1, 0.15) is 23.4 Å². The van der Waals surface area contributed by atoms with Gasteiger partial charge in [-0.05, 0) is 81.0 Å². The van der Waals surface area contributed by atoms with Gasteiger partial charge in [0.25, 0.3) is 0 Å². The van der Waals surface area contributed by atoms with Crippen molar-refractivity contribution >= 4 is 11.8 Å². The average molecular weight is 578 g/mol. The van der Waals surface area contributed by atoms with Crippen molar-refractivity contribution in [1.29, 1.82) is 0 Å². The van der Waals surface area contributed by atoms with Gasteiger partial charge in [-0.2, -0.15) is 0 Å². The molecule has 0 bridgehead atoms. The molecule has 1 saturated heterocycles. The highest BCUT2D eigenvalue weighted by Gasteiger charge is 2.17. The molecule has 9 nitrogen and oxygen atoms in total. The van der Waals surface area contributed by atoms with Crippen LogP contribution in [0.2, 0.25) is 0 Å². The minimum Gasteiger partial charge on any atom is -0.508 e. The van der Waals surface area contributed by atoms with E-state index in [2.05, 4.69) is 15.6 Å². The molecule has 2 amide bonds. The van der Waals surface area contributed by atoms with E-state index in [1.807, 2.05) is 56.3 Å². The maximum atomic E-state index is 11.0. The Labute approximate surface area is 248 Å². The fourth-order valence-corrected chi connectivity index (χ4v) is 4.41. The topological polar surface area (TPSA) is 119 Å². The second kappa shape index (κ2) is 17.0. The Morgan fingerprint density at radius 2 is 1.43 bits per heavy atom. The van der Waals surface area contributed by atoms with Crippen molar-refractivity contribution in [3.8, 4) is 23.1 Å². The first-order valence-electron chi connectivity index (χ1n) is 14.5. The molecule has 1 aliphatic heterocycles. The monoisotopic (exact) mass is 577 g/mol. The number of carbonyl (C=O) groups is 2. The molecular weight excluding hydrogens is 534 g/mol. The number of aromatic hydroxyl groups is 1. The van der Waals surface area contributed by atoms with Crippen molar-refractivity contribution in [2.24, 2.45) is 0 Å². The fraction of sp³-hybridized carbons (Fsp3) is 0.424. The Morgan fingerprint density at radius 3 is 1.90 bits per heavy atom. The number of benzene rings is 2. The van der Waals surface area contributed by atoms with E-state index in [-0.39, 0.29) is 35.8 Å². The van der Waals surface area contributed by atoms with E-state index in [9.17, 15) is 9.59 Å². The van der Waals surface area contributed by atoms with Crippen LogP contribution >= 0.6 is 0 Å². The number of nitrogens with one attached hydrogen (secondary N) is 2. The zero-order chi connectivity index (χ0) is 30.3. The first kappa shape index (κ1) is 32.4. The number of nitrogens with zero attached hydrogens (tertiary/aromatic N) is 1. The molecular formula is C33H43N3O6. The maximum Gasteiger partial charge on any atom is 0.219 e. The number of carbonyl (C=O) groups excluding carboxylic acids is 2. The number of aromatic nitrogens is 1. The van der Waals surface area contributed by atoms with Crippen molar-refractivity contribution in [2.75, 3.05) is 13.2 Å². The number of hydrogen-bond donors (Lipinski definition) is 3. The number of rotatable bonds is 12. The van der Waals surface area contributed by atoms with Crippen LogP contribution in [0.25, 0.3) is 0 Å². The van der Waals surface area contributed by atoms with Gasteiger partial charge in [0, 0.05) is 38.4 Å². The highest BCUT2D eigenvalue weighted by molar-refractivity contribution is 5.73. The molecule has 1 fully saturated rings. The van der Waals surface area contributed by atoms with Crippen LogP contribution in [0.3, 0.4) is 0 Å². The molecule has 1 aromatic heterocycles. The van der Waals surface area contributed by atoms with Gasteiger partial charge in [0.05, 0.1) is 19.4 Å². The van der Waals surface area contributed by atoms with E-state index >= 15 is 0 Å². The third-order valence-electron chi connectivity index (χ3n) is 6.61. The van der Waals surface area contributed by atoms with Gasteiger partial charge in [-0.3, -0.25) is 9.59 Å². The lowest BCUT2D eigenvalue weighted by atomic mass is 10.1. The standard InChI is InChI=1S/C21H26N2O4.C12H17NO2/c1-15(23-16(2)24)3-4-17-5-7-18(8-6-17)27-21-10-9-19(13-22-21)26-20-11-12-25-14-20;1-9(13-10(2)14)3-4-11-5-7-12(15)8-6-11/h5-10,13,15,20H,3-4,11-12,14H2,1-2H3,(H,23,24);5-9,15H,3-4H2,1-2H3,(H,13,14). The molecule has 9 heteroatoms. The van der Waals surface area contributed by atoms with Crippen LogP contribution in [-0.4, -0.2) is 53.3 Å². The highest BCUT2D eigenvalue weighted by atomic mass is 16.5. The van der Waals surface area contributed by atoms with Crippen LogP contribution in [0.5, 0.6) is 23.1 Å². The lowest BCUT2D eigenvalue weighted by molar-refractivity contribution is -0.120. The van der Waals surface area contributed by atoms with Gasteiger partial charge in [0.15, 0.2) is 0 Å². The Hall–Kier alpha value is -4.11. The third kappa shape index (κ3) is 12.6. The second-order valence-electron chi connectivity index (χ2n) is 10.6. The summed E-state index contributed by atoms with van der Waals surface area (Å²) in [7, 11) is 0. The summed E-state index contributed by atoms with van der Waals surface area (Å²) in [6.45, 7) is 8.45. The van der Waals surface area contributed by atoms with Crippen LogP contribution in [0.15, 0.2) is 66.9 Å². The normalized spacial score (nSPS) is 15.5. The summed E-state index contributed by atoms with van der Waals surface area (Å²) < 4.78 is 16.9. The molecule has 0 spiro atoms. The van der Waals surface area contributed by atoms with Crippen molar-refractivity contribution in [3.63, 3.8) is 0 Å². The van der Waals surface area contributed by atoms with Gasteiger partial charge >= 0.3 is 0 Å². The minimum atomic E-state index is 0.00624. The molecule has 0 radical (unpaired) electrons. The molecule has 3 N–H and O–H groups in total. The Morgan fingerprint density at radius 1 is 0.881 bits per heavy atom. The smallest absolute Gasteiger partial charge is 0.219 e. The van der Waals surface area contributed by atoms with Crippen molar-refractivity contribution < 1.29 is 28.9 Å². The van der Waals surface area contributed by atoms with Crippen molar-refractivity contribution in [1.82, 2.24) is 15.6 Å². The summed E-state index contributed by atoms with van der Waals surface area (Å²) in [5, 5.41) is 14.8. The van der Waals surface area contributed by atoms with Crippen molar-refractivity contribution in [3.05, 3.63) is 78.0 Å².